The fourth-order valence-corrected chi connectivity index (χ4v) is 3.92. The number of guanidine groups is 1. The maximum absolute atomic E-state index is 11.1. The first-order valence-electron chi connectivity index (χ1n) is 12.2. The number of unbranched alkanes of at least 4 members (excludes halogenated alkanes) is 2. The Balaban J connectivity index is 1.36. The van der Waals surface area contributed by atoms with Gasteiger partial charge in [-0.2, -0.15) is 0 Å². The van der Waals surface area contributed by atoms with Crippen molar-refractivity contribution in [2.45, 2.75) is 25.7 Å². The van der Waals surface area contributed by atoms with Crippen LogP contribution < -0.4 is 20.9 Å². The third-order valence-electron chi connectivity index (χ3n) is 5.89. The van der Waals surface area contributed by atoms with Crippen molar-refractivity contribution in [3.8, 4) is 11.5 Å². The van der Waals surface area contributed by atoms with Gasteiger partial charge in [0.25, 0.3) is 5.96 Å². The molecule has 0 atom stereocenters. The minimum Gasteiger partial charge on any atom is -0.494 e. The number of benzene rings is 2. The normalized spacial score (nSPS) is 12.9. The Labute approximate surface area is 216 Å². The van der Waals surface area contributed by atoms with E-state index in [0.29, 0.717) is 68.0 Å². The third-order valence-corrected chi connectivity index (χ3v) is 5.89. The zero-order chi connectivity index (χ0) is 26.6. The van der Waals surface area contributed by atoms with E-state index in [2.05, 4.69) is 5.10 Å². The van der Waals surface area contributed by atoms with Crippen LogP contribution in [-0.4, -0.2) is 71.9 Å². The summed E-state index contributed by atoms with van der Waals surface area (Å²) < 4.78 is 11.5. The topological polar surface area (TPSA) is 180 Å². The van der Waals surface area contributed by atoms with Gasteiger partial charge in [0.15, 0.2) is 5.03 Å². The maximum Gasteiger partial charge on any atom is 0.274 e. The van der Waals surface area contributed by atoms with Crippen molar-refractivity contribution in [3.63, 3.8) is 0 Å². The van der Waals surface area contributed by atoms with E-state index in [1.165, 1.54) is 0 Å². The zero-order valence-corrected chi connectivity index (χ0v) is 20.8. The Morgan fingerprint density at radius 1 is 0.811 bits per heavy atom. The molecule has 1 aliphatic rings. The summed E-state index contributed by atoms with van der Waals surface area (Å²) in [4.78, 5) is 15.0. The van der Waals surface area contributed by atoms with Gasteiger partial charge in [-0.05, 0) is 74.2 Å². The quantitative estimate of drug-likeness (QED) is 0.0926. The standard InChI is InChI=1S/C25H34N8O4/c26-23(27)19-5-9-21(10-6-19)36-17-3-1-13-31-15-16-32(25(31)30-33(34)35)14-2-4-18-37-22-11-7-20(8-12-22)24(28)29/h5-12H,1-4,13-18H2,(H3,26,27)(H3,28,29). The van der Waals surface area contributed by atoms with Crippen molar-refractivity contribution in [3.05, 3.63) is 69.8 Å². The van der Waals surface area contributed by atoms with Crippen LogP contribution in [0.4, 0.5) is 0 Å². The Morgan fingerprint density at radius 2 is 1.22 bits per heavy atom. The highest BCUT2D eigenvalue weighted by Crippen LogP contribution is 2.15. The van der Waals surface area contributed by atoms with Gasteiger partial charge in [0.05, 0.1) is 13.2 Å². The minimum atomic E-state index is -0.637. The fraction of sp³-hybridized carbons (Fsp3) is 0.400. The second-order valence-electron chi connectivity index (χ2n) is 8.60. The summed E-state index contributed by atoms with van der Waals surface area (Å²) in [6, 6.07) is 14.1. The Hall–Kier alpha value is -4.35. The predicted molar refractivity (Wildman–Crippen MR) is 142 cm³/mol. The number of nitrogens with zero attached hydrogens (tertiary/aromatic N) is 4. The highest BCUT2D eigenvalue weighted by molar-refractivity contribution is 5.95. The first kappa shape index (κ1) is 27.2. The summed E-state index contributed by atoms with van der Waals surface area (Å²) in [5.41, 5.74) is 12.2. The van der Waals surface area contributed by atoms with E-state index in [-0.39, 0.29) is 11.7 Å². The number of nitro groups is 1. The molecule has 1 saturated heterocycles. The molecule has 0 spiro atoms. The van der Waals surface area contributed by atoms with Crippen molar-refractivity contribution in [2.24, 2.45) is 16.6 Å². The molecule has 0 saturated carbocycles. The van der Waals surface area contributed by atoms with Crippen molar-refractivity contribution in [2.75, 3.05) is 39.4 Å². The molecule has 1 fully saturated rings. The van der Waals surface area contributed by atoms with Gasteiger partial charge in [0.1, 0.15) is 28.3 Å². The molecule has 0 bridgehead atoms. The largest absolute Gasteiger partial charge is 0.494 e. The van der Waals surface area contributed by atoms with E-state index in [0.717, 1.165) is 25.7 Å². The third kappa shape index (κ3) is 8.67. The van der Waals surface area contributed by atoms with Crippen LogP contribution in [0.15, 0.2) is 53.6 Å². The molecule has 0 amide bonds. The number of hydrogen-bond donors (Lipinski definition) is 4. The number of nitrogens with two attached hydrogens (primary N) is 2. The predicted octanol–water partition coefficient (Wildman–Crippen LogP) is 2.44. The molecular formula is C25H34N8O4. The monoisotopic (exact) mass is 510 g/mol. The van der Waals surface area contributed by atoms with E-state index in [1.54, 1.807) is 48.5 Å². The Bertz CT molecular complexity index is 1010. The zero-order valence-electron chi connectivity index (χ0n) is 20.8. The molecule has 37 heavy (non-hydrogen) atoms. The van der Waals surface area contributed by atoms with E-state index < -0.39 is 5.03 Å². The number of hydrogen-bond acceptors (Lipinski definition) is 6. The number of nitrogen functional groups attached to an aromatic ring is 2. The highest BCUT2D eigenvalue weighted by atomic mass is 16.7. The smallest absolute Gasteiger partial charge is 0.274 e. The van der Waals surface area contributed by atoms with Gasteiger partial charge in [-0.15, -0.1) is 0 Å². The summed E-state index contributed by atoms with van der Waals surface area (Å²) in [6.45, 7) is 3.76. The van der Waals surface area contributed by atoms with Crippen LogP contribution in [0.25, 0.3) is 0 Å². The molecule has 3 rings (SSSR count). The van der Waals surface area contributed by atoms with Crippen LogP contribution in [0.3, 0.4) is 0 Å². The number of nitrogens with one attached hydrogen (secondary N) is 2. The van der Waals surface area contributed by atoms with Crippen LogP contribution in [0, 0.1) is 20.9 Å². The van der Waals surface area contributed by atoms with Crippen LogP contribution in [0.2, 0.25) is 0 Å². The number of rotatable bonds is 15. The molecule has 0 radical (unpaired) electrons. The minimum absolute atomic E-state index is 0.0176. The summed E-state index contributed by atoms with van der Waals surface area (Å²) in [5.74, 6) is 1.87. The second kappa shape index (κ2) is 13.7. The summed E-state index contributed by atoms with van der Waals surface area (Å²) >= 11 is 0. The lowest BCUT2D eigenvalue weighted by Crippen LogP contribution is -2.35. The van der Waals surface area contributed by atoms with E-state index in [4.69, 9.17) is 31.8 Å². The van der Waals surface area contributed by atoms with Crippen molar-refractivity contribution in [1.82, 2.24) is 9.80 Å². The molecule has 12 nitrogen and oxygen atoms in total. The van der Waals surface area contributed by atoms with Crippen LogP contribution >= 0.6 is 0 Å². The first-order valence-corrected chi connectivity index (χ1v) is 12.2. The first-order chi connectivity index (χ1) is 17.8. The van der Waals surface area contributed by atoms with E-state index in [9.17, 15) is 10.1 Å². The highest BCUT2D eigenvalue weighted by Gasteiger charge is 2.28. The van der Waals surface area contributed by atoms with Gasteiger partial charge in [0, 0.05) is 37.3 Å². The van der Waals surface area contributed by atoms with Gasteiger partial charge in [-0.3, -0.25) is 10.8 Å². The molecule has 1 heterocycles. The lowest BCUT2D eigenvalue weighted by molar-refractivity contribution is -0.486. The molecule has 0 unspecified atom stereocenters. The maximum atomic E-state index is 11.1. The molecule has 1 aliphatic heterocycles. The van der Waals surface area contributed by atoms with Crippen molar-refractivity contribution >= 4 is 17.6 Å². The fourth-order valence-electron chi connectivity index (χ4n) is 3.92. The molecule has 2 aromatic carbocycles. The molecule has 198 valence electrons. The van der Waals surface area contributed by atoms with E-state index in [1.807, 2.05) is 9.80 Å². The van der Waals surface area contributed by atoms with Gasteiger partial charge in [0.2, 0.25) is 0 Å². The van der Waals surface area contributed by atoms with Crippen molar-refractivity contribution < 1.29 is 14.5 Å². The average molecular weight is 511 g/mol. The summed E-state index contributed by atoms with van der Waals surface area (Å²) in [5, 5.41) is 29.0. The number of hydrazone groups is 1. The molecule has 0 aliphatic carbocycles. The van der Waals surface area contributed by atoms with Gasteiger partial charge < -0.3 is 30.7 Å². The number of amidine groups is 2. The van der Waals surface area contributed by atoms with Crippen LogP contribution in [-0.2, 0) is 0 Å². The van der Waals surface area contributed by atoms with Gasteiger partial charge >= 0.3 is 0 Å². The Morgan fingerprint density at radius 3 is 1.57 bits per heavy atom. The van der Waals surface area contributed by atoms with Crippen molar-refractivity contribution in [1.29, 1.82) is 10.8 Å². The van der Waals surface area contributed by atoms with Gasteiger partial charge in [-0.25, -0.2) is 10.1 Å². The van der Waals surface area contributed by atoms with E-state index >= 15 is 0 Å². The molecular weight excluding hydrogens is 476 g/mol. The van der Waals surface area contributed by atoms with Crippen LogP contribution in [0.5, 0.6) is 11.5 Å². The number of ether oxygens (including phenoxy) is 2. The second-order valence-corrected chi connectivity index (χ2v) is 8.60. The lowest BCUT2D eigenvalue weighted by Gasteiger charge is -2.20. The molecule has 12 heteroatoms. The van der Waals surface area contributed by atoms with Crippen LogP contribution in [0.1, 0.15) is 36.8 Å². The summed E-state index contributed by atoms with van der Waals surface area (Å²) in [7, 11) is 0. The molecule has 0 aromatic heterocycles. The lowest BCUT2D eigenvalue weighted by atomic mass is 10.2. The average Bonchev–Trinajstić information content (AvgIpc) is 3.24. The SMILES string of the molecule is N=C(N)c1ccc(OCCCCN2CCN(CCCCOc3ccc(C(=N)N)cc3)C2=N[N+](=O)[O-])cc1. The molecule has 2 aromatic rings. The Kier molecular flexibility index (Phi) is 10.1. The molecule has 6 N–H and O–H groups in total. The van der Waals surface area contributed by atoms with Gasteiger partial charge in [-0.1, -0.05) is 0 Å². The summed E-state index contributed by atoms with van der Waals surface area (Å²) in [6.07, 6.45) is 3.21.